The Hall–Kier alpha value is -2.13. The topological polar surface area (TPSA) is 43.4 Å². The molecule has 0 aliphatic heterocycles. The summed E-state index contributed by atoms with van der Waals surface area (Å²) in [5.41, 5.74) is 2.40. The van der Waals surface area contributed by atoms with Gasteiger partial charge in [0.1, 0.15) is 0 Å². The van der Waals surface area contributed by atoms with Crippen LogP contribution < -0.4 is 0 Å². The van der Waals surface area contributed by atoms with Gasteiger partial charge in [0.25, 0.3) is 0 Å². The van der Waals surface area contributed by atoms with E-state index in [1.54, 1.807) is 24.3 Å². The van der Waals surface area contributed by atoms with Crippen LogP contribution in [-0.2, 0) is 21.4 Å². The molecule has 2 aromatic rings. The standard InChI is InChI=1S/C19H17ClO3/c1-19(18(22)23-2)11-10-14-15(4-3-5-16(14)19)17(21)12-6-8-13(20)9-7-12/h3-9H,10-11H2,1-2H3. The fourth-order valence-electron chi connectivity index (χ4n) is 3.29. The summed E-state index contributed by atoms with van der Waals surface area (Å²) in [4.78, 5) is 25.0. The summed E-state index contributed by atoms with van der Waals surface area (Å²) in [5.74, 6) is -0.306. The molecule has 0 heterocycles. The first-order valence-electron chi connectivity index (χ1n) is 7.48. The Kier molecular flexibility index (Phi) is 3.99. The number of ether oxygens (including phenoxy) is 1. The Labute approximate surface area is 140 Å². The number of fused-ring (bicyclic) bond motifs is 1. The maximum Gasteiger partial charge on any atom is 0.316 e. The molecule has 2 aromatic carbocycles. The van der Waals surface area contributed by atoms with Crippen molar-refractivity contribution in [3.05, 3.63) is 69.7 Å². The number of benzene rings is 2. The van der Waals surface area contributed by atoms with Crippen LogP contribution in [0.5, 0.6) is 0 Å². The van der Waals surface area contributed by atoms with Crippen molar-refractivity contribution in [2.75, 3.05) is 7.11 Å². The van der Waals surface area contributed by atoms with Gasteiger partial charge in [-0.05, 0) is 55.2 Å². The van der Waals surface area contributed by atoms with Gasteiger partial charge in [-0.25, -0.2) is 0 Å². The highest BCUT2D eigenvalue weighted by atomic mass is 35.5. The highest BCUT2D eigenvalue weighted by Gasteiger charge is 2.43. The fraction of sp³-hybridized carbons (Fsp3) is 0.263. The van der Waals surface area contributed by atoms with Gasteiger partial charge in [-0.3, -0.25) is 9.59 Å². The molecule has 0 N–H and O–H groups in total. The quantitative estimate of drug-likeness (QED) is 0.633. The number of halogens is 1. The first-order chi connectivity index (χ1) is 11.0. The van der Waals surface area contributed by atoms with Gasteiger partial charge < -0.3 is 4.74 Å². The second-order valence-electron chi connectivity index (χ2n) is 5.99. The minimum atomic E-state index is -0.680. The summed E-state index contributed by atoms with van der Waals surface area (Å²) >= 11 is 5.88. The molecule has 118 valence electrons. The summed E-state index contributed by atoms with van der Waals surface area (Å²) in [6.45, 7) is 1.88. The van der Waals surface area contributed by atoms with Gasteiger partial charge in [0, 0.05) is 16.1 Å². The molecule has 0 fully saturated rings. The number of carbonyl (C=O) groups is 2. The number of methoxy groups -OCH3 is 1. The van der Waals surface area contributed by atoms with E-state index in [-0.39, 0.29) is 11.8 Å². The van der Waals surface area contributed by atoms with Crippen molar-refractivity contribution in [1.29, 1.82) is 0 Å². The third-order valence-electron chi connectivity index (χ3n) is 4.63. The molecular formula is C19H17ClO3. The Bertz CT molecular complexity index is 780. The van der Waals surface area contributed by atoms with Crippen molar-refractivity contribution >= 4 is 23.4 Å². The molecule has 0 bridgehead atoms. The van der Waals surface area contributed by atoms with Crippen LogP contribution in [0.3, 0.4) is 0 Å². The first kappa shape index (κ1) is 15.8. The van der Waals surface area contributed by atoms with Crippen LogP contribution >= 0.6 is 11.6 Å². The van der Waals surface area contributed by atoms with E-state index in [1.807, 2.05) is 25.1 Å². The van der Waals surface area contributed by atoms with E-state index in [9.17, 15) is 9.59 Å². The Morgan fingerprint density at radius 3 is 2.48 bits per heavy atom. The minimum absolute atomic E-state index is 0.0485. The number of hydrogen-bond donors (Lipinski definition) is 0. The molecule has 23 heavy (non-hydrogen) atoms. The largest absolute Gasteiger partial charge is 0.468 e. The maximum atomic E-state index is 12.8. The number of carbonyl (C=O) groups excluding carboxylic acids is 2. The number of esters is 1. The lowest BCUT2D eigenvalue weighted by atomic mass is 9.83. The fourth-order valence-corrected chi connectivity index (χ4v) is 3.42. The minimum Gasteiger partial charge on any atom is -0.468 e. The second kappa shape index (κ2) is 5.82. The summed E-state index contributed by atoms with van der Waals surface area (Å²) in [6, 6.07) is 12.4. The lowest BCUT2D eigenvalue weighted by Crippen LogP contribution is -2.31. The van der Waals surface area contributed by atoms with Gasteiger partial charge in [-0.1, -0.05) is 29.8 Å². The molecule has 3 nitrogen and oxygen atoms in total. The van der Waals surface area contributed by atoms with Crippen LogP contribution in [0.2, 0.25) is 5.02 Å². The van der Waals surface area contributed by atoms with E-state index < -0.39 is 5.41 Å². The molecule has 0 saturated carbocycles. The van der Waals surface area contributed by atoms with Crippen LogP contribution in [0.15, 0.2) is 42.5 Å². The van der Waals surface area contributed by atoms with Gasteiger partial charge in [0.05, 0.1) is 12.5 Å². The maximum absolute atomic E-state index is 12.8. The summed E-state index contributed by atoms with van der Waals surface area (Å²) in [7, 11) is 1.40. The summed E-state index contributed by atoms with van der Waals surface area (Å²) in [6.07, 6.45) is 1.34. The summed E-state index contributed by atoms with van der Waals surface area (Å²) in [5, 5.41) is 0.595. The molecule has 4 heteroatoms. The van der Waals surface area contributed by atoms with E-state index in [2.05, 4.69) is 0 Å². The lowest BCUT2D eigenvalue weighted by molar-refractivity contribution is -0.146. The Morgan fingerprint density at radius 2 is 1.83 bits per heavy atom. The normalized spacial score (nSPS) is 19.3. The van der Waals surface area contributed by atoms with Gasteiger partial charge in [0.15, 0.2) is 5.78 Å². The molecule has 0 spiro atoms. The van der Waals surface area contributed by atoms with Crippen molar-refractivity contribution < 1.29 is 14.3 Å². The highest BCUT2D eigenvalue weighted by Crippen LogP contribution is 2.41. The van der Waals surface area contributed by atoms with E-state index in [0.29, 0.717) is 29.0 Å². The van der Waals surface area contributed by atoms with Crippen LogP contribution in [0.4, 0.5) is 0 Å². The number of hydrogen-bond acceptors (Lipinski definition) is 3. The summed E-state index contributed by atoms with van der Waals surface area (Å²) < 4.78 is 4.95. The molecule has 3 rings (SSSR count). The predicted molar refractivity (Wildman–Crippen MR) is 89.0 cm³/mol. The van der Waals surface area contributed by atoms with Crippen LogP contribution in [0, 0.1) is 0 Å². The molecule has 0 saturated heterocycles. The zero-order valence-electron chi connectivity index (χ0n) is 13.1. The molecule has 0 amide bonds. The van der Waals surface area contributed by atoms with E-state index in [0.717, 1.165) is 11.1 Å². The average Bonchev–Trinajstić information content (AvgIpc) is 2.93. The van der Waals surface area contributed by atoms with Crippen molar-refractivity contribution in [2.24, 2.45) is 0 Å². The molecule has 1 aliphatic rings. The highest BCUT2D eigenvalue weighted by molar-refractivity contribution is 6.30. The van der Waals surface area contributed by atoms with Crippen molar-refractivity contribution in [1.82, 2.24) is 0 Å². The SMILES string of the molecule is COC(=O)C1(C)CCc2c(C(=O)c3ccc(Cl)cc3)cccc21. The Balaban J connectivity index is 2.05. The van der Waals surface area contributed by atoms with E-state index >= 15 is 0 Å². The second-order valence-corrected chi connectivity index (χ2v) is 6.43. The van der Waals surface area contributed by atoms with Crippen molar-refractivity contribution in [3.8, 4) is 0 Å². The average molecular weight is 329 g/mol. The van der Waals surface area contributed by atoms with E-state index in [1.165, 1.54) is 7.11 Å². The first-order valence-corrected chi connectivity index (χ1v) is 7.86. The molecule has 1 unspecified atom stereocenters. The monoisotopic (exact) mass is 328 g/mol. The number of ketones is 1. The van der Waals surface area contributed by atoms with Crippen LogP contribution in [-0.4, -0.2) is 18.9 Å². The molecule has 1 aliphatic carbocycles. The third-order valence-corrected chi connectivity index (χ3v) is 4.88. The zero-order valence-corrected chi connectivity index (χ0v) is 13.8. The molecule has 0 aromatic heterocycles. The number of rotatable bonds is 3. The van der Waals surface area contributed by atoms with Crippen LogP contribution in [0.1, 0.15) is 40.4 Å². The smallest absolute Gasteiger partial charge is 0.316 e. The molecule has 1 atom stereocenters. The van der Waals surface area contributed by atoms with Crippen LogP contribution in [0.25, 0.3) is 0 Å². The lowest BCUT2D eigenvalue weighted by Gasteiger charge is -2.22. The van der Waals surface area contributed by atoms with E-state index in [4.69, 9.17) is 16.3 Å². The van der Waals surface area contributed by atoms with Crippen molar-refractivity contribution in [3.63, 3.8) is 0 Å². The van der Waals surface area contributed by atoms with Crippen molar-refractivity contribution in [2.45, 2.75) is 25.2 Å². The molecular weight excluding hydrogens is 312 g/mol. The third kappa shape index (κ3) is 2.55. The van der Waals surface area contributed by atoms with Gasteiger partial charge >= 0.3 is 5.97 Å². The predicted octanol–water partition coefficient (Wildman–Crippen LogP) is 3.95. The Morgan fingerprint density at radius 1 is 1.13 bits per heavy atom. The van der Waals surface area contributed by atoms with Gasteiger partial charge in [0.2, 0.25) is 0 Å². The van der Waals surface area contributed by atoms with Gasteiger partial charge in [-0.2, -0.15) is 0 Å². The molecule has 0 radical (unpaired) electrons. The van der Waals surface area contributed by atoms with Gasteiger partial charge in [-0.15, -0.1) is 0 Å². The zero-order chi connectivity index (χ0) is 16.6.